The largest absolute Gasteiger partial charge is 0.371 e. The Kier molecular flexibility index (Phi) is 1.90. The van der Waals surface area contributed by atoms with E-state index >= 15 is 0 Å². The minimum atomic E-state index is -1.36. The first-order chi connectivity index (χ1) is 6.67. The molecule has 1 unspecified atom stereocenters. The van der Waals surface area contributed by atoms with Gasteiger partial charge in [0, 0.05) is 31.8 Å². The van der Waals surface area contributed by atoms with Crippen LogP contribution >= 0.6 is 0 Å². The zero-order valence-corrected chi connectivity index (χ0v) is 7.94. The second-order valence-electron chi connectivity index (χ2n) is 3.52. The molecule has 4 heteroatoms. The molecule has 72 valence electrons. The molecule has 1 N–H and O–H groups in total. The molecular formula is C10H11N3O. The summed E-state index contributed by atoms with van der Waals surface area (Å²) in [5, 5.41) is 19.0. The van der Waals surface area contributed by atoms with Crippen LogP contribution in [0.2, 0.25) is 0 Å². The van der Waals surface area contributed by atoms with Gasteiger partial charge in [-0.15, -0.1) is 0 Å². The van der Waals surface area contributed by atoms with E-state index in [1.54, 1.807) is 18.3 Å². The molecule has 2 heterocycles. The Balaban J connectivity index is 2.59. The van der Waals surface area contributed by atoms with E-state index in [-0.39, 0.29) is 0 Å². The molecule has 0 radical (unpaired) electrons. The summed E-state index contributed by atoms with van der Waals surface area (Å²) in [5.41, 5.74) is -0.757. The molecule has 0 bridgehead atoms. The minimum Gasteiger partial charge on any atom is -0.371 e. The van der Waals surface area contributed by atoms with Gasteiger partial charge in [-0.2, -0.15) is 5.26 Å². The van der Waals surface area contributed by atoms with Crippen LogP contribution in [0, 0.1) is 11.3 Å². The number of aliphatic hydroxyl groups is 1. The summed E-state index contributed by atoms with van der Waals surface area (Å²) in [6.45, 7) is 0.647. The molecule has 14 heavy (non-hydrogen) atoms. The summed E-state index contributed by atoms with van der Waals surface area (Å²) >= 11 is 0. The maximum atomic E-state index is 10.0. The van der Waals surface area contributed by atoms with E-state index in [1.165, 1.54) is 0 Å². The summed E-state index contributed by atoms with van der Waals surface area (Å²) in [6.07, 6.45) is 2.09. The van der Waals surface area contributed by atoms with Gasteiger partial charge in [0.15, 0.2) is 5.60 Å². The van der Waals surface area contributed by atoms with Gasteiger partial charge in [0.1, 0.15) is 11.9 Å². The van der Waals surface area contributed by atoms with Crippen LogP contribution in [0.15, 0.2) is 18.3 Å². The third-order valence-electron chi connectivity index (χ3n) is 2.59. The number of rotatable bonds is 0. The van der Waals surface area contributed by atoms with Crippen molar-refractivity contribution in [1.82, 2.24) is 4.98 Å². The van der Waals surface area contributed by atoms with Gasteiger partial charge in [-0.1, -0.05) is 0 Å². The van der Waals surface area contributed by atoms with Crippen molar-refractivity contribution < 1.29 is 5.11 Å². The first kappa shape index (κ1) is 8.97. The van der Waals surface area contributed by atoms with Crippen molar-refractivity contribution in [2.24, 2.45) is 0 Å². The molecule has 1 aromatic rings. The number of nitrogens with zero attached hydrogens (tertiary/aromatic N) is 3. The predicted octanol–water partition coefficient (Wildman–Crippen LogP) is 0.633. The molecular weight excluding hydrogens is 178 g/mol. The highest BCUT2D eigenvalue weighted by Gasteiger charge is 2.36. The van der Waals surface area contributed by atoms with Crippen LogP contribution in [0.1, 0.15) is 12.0 Å². The van der Waals surface area contributed by atoms with E-state index in [1.807, 2.05) is 18.0 Å². The number of hydrogen-bond donors (Lipinski definition) is 1. The smallest absolute Gasteiger partial charge is 0.181 e. The summed E-state index contributed by atoms with van der Waals surface area (Å²) in [7, 11) is 1.91. The third-order valence-corrected chi connectivity index (χ3v) is 2.59. The minimum absolute atomic E-state index is 0.429. The molecule has 1 aliphatic heterocycles. The SMILES string of the molecule is CN1CCC(O)(C#N)c2cccnc21. The number of fused-ring (bicyclic) bond motifs is 1. The highest BCUT2D eigenvalue weighted by atomic mass is 16.3. The van der Waals surface area contributed by atoms with E-state index in [4.69, 9.17) is 5.26 Å². The van der Waals surface area contributed by atoms with Crippen molar-refractivity contribution in [2.45, 2.75) is 12.0 Å². The van der Waals surface area contributed by atoms with Crippen LogP contribution in [0.25, 0.3) is 0 Å². The van der Waals surface area contributed by atoms with Gasteiger partial charge in [0.05, 0.1) is 0 Å². The quantitative estimate of drug-likeness (QED) is 0.608. The van der Waals surface area contributed by atoms with E-state index in [0.717, 1.165) is 0 Å². The Labute approximate surface area is 82.4 Å². The molecule has 0 spiro atoms. The van der Waals surface area contributed by atoms with Gasteiger partial charge < -0.3 is 10.0 Å². The average Bonchev–Trinajstić information content (AvgIpc) is 2.24. The zero-order valence-electron chi connectivity index (χ0n) is 7.94. The Morgan fingerprint density at radius 3 is 3.21 bits per heavy atom. The van der Waals surface area contributed by atoms with E-state index < -0.39 is 5.60 Å². The van der Waals surface area contributed by atoms with Crippen LogP contribution in [-0.2, 0) is 5.60 Å². The topological polar surface area (TPSA) is 60.1 Å². The van der Waals surface area contributed by atoms with Crippen molar-refractivity contribution in [1.29, 1.82) is 5.26 Å². The van der Waals surface area contributed by atoms with Crippen molar-refractivity contribution in [3.05, 3.63) is 23.9 Å². The van der Waals surface area contributed by atoms with E-state index in [0.29, 0.717) is 24.3 Å². The number of nitriles is 1. The lowest BCUT2D eigenvalue weighted by Gasteiger charge is -2.33. The summed E-state index contributed by atoms with van der Waals surface area (Å²) < 4.78 is 0. The first-order valence-electron chi connectivity index (χ1n) is 4.47. The molecule has 0 fully saturated rings. The van der Waals surface area contributed by atoms with Crippen molar-refractivity contribution in [3.63, 3.8) is 0 Å². The normalized spacial score (nSPS) is 25.4. The second-order valence-corrected chi connectivity index (χ2v) is 3.52. The Bertz CT molecular complexity index is 399. The van der Waals surface area contributed by atoms with E-state index in [2.05, 4.69) is 4.98 Å². The third kappa shape index (κ3) is 1.14. The maximum absolute atomic E-state index is 10.0. The highest BCUT2D eigenvalue weighted by Crippen LogP contribution is 2.35. The molecule has 2 rings (SSSR count). The molecule has 0 saturated carbocycles. The van der Waals surface area contributed by atoms with Crippen molar-refractivity contribution >= 4 is 5.82 Å². The number of anilines is 1. The van der Waals surface area contributed by atoms with Crippen LogP contribution in [0.3, 0.4) is 0 Å². The molecule has 0 amide bonds. The van der Waals surface area contributed by atoms with Gasteiger partial charge in [0.25, 0.3) is 0 Å². The van der Waals surface area contributed by atoms with Gasteiger partial charge in [0.2, 0.25) is 0 Å². The average molecular weight is 189 g/mol. The maximum Gasteiger partial charge on any atom is 0.181 e. The summed E-state index contributed by atoms with van der Waals surface area (Å²) in [5.74, 6) is 0.697. The standard InChI is InChI=1S/C10H11N3O/c1-13-6-4-10(14,7-11)8-3-2-5-12-9(8)13/h2-3,5,14H,4,6H2,1H3. The Hall–Kier alpha value is -1.60. The van der Waals surface area contributed by atoms with Crippen LogP contribution < -0.4 is 4.90 Å². The molecule has 0 aliphatic carbocycles. The fraction of sp³-hybridized carbons (Fsp3) is 0.400. The number of pyridine rings is 1. The van der Waals surface area contributed by atoms with Gasteiger partial charge in [-0.3, -0.25) is 0 Å². The molecule has 1 atom stereocenters. The fourth-order valence-corrected chi connectivity index (χ4v) is 1.71. The predicted molar refractivity (Wildman–Crippen MR) is 51.6 cm³/mol. The van der Waals surface area contributed by atoms with Crippen molar-refractivity contribution in [3.8, 4) is 6.07 Å². The monoisotopic (exact) mass is 189 g/mol. The summed E-state index contributed by atoms with van der Waals surface area (Å²) in [4.78, 5) is 6.10. The van der Waals surface area contributed by atoms with Gasteiger partial charge in [-0.25, -0.2) is 4.98 Å². The zero-order chi connectivity index (χ0) is 10.2. The number of hydrogen-bond acceptors (Lipinski definition) is 4. The molecule has 0 saturated heterocycles. The van der Waals surface area contributed by atoms with Gasteiger partial charge in [-0.05, 0) is 12.1 Å². The second kappa shape index (κ2) is 2.96. The Morgan fingerprint density at radius 1 is 1.71 bits per heavy atom. The molecule has 1 aromatic heterocycles. The van der Waals surface area contributed by atoms with Crippen LogP contribution in [0.4, 0.5) is 5.82 Å². The lowest BCUT2D eigenvalue weighted by molar-refractivity contribution is 0.0853. The molecule has 4 nitrogen and oxygen atoms in total. The molecule has 1 aliphatic rings. The van der Waals surface area contributed by atoms with E-state index in [9.17, 15) is 5.11 Å². The highest BCUT2D eigenvalue weighted by molar-refractivity contribution is 5.53. The van der Waals surface area contributed by atoms with Crippen LogP contribution in [0.5, 0.6) is 0 Å². The summed E-state index contributed by atoms with van der Waals surface area (Å²) in [6, 6.07) is 5.43. The lowest BCUT2D eigenvalue weighted by Crippen LogP contribution is -2.38. The fourth-order valence-electron chi connectivity index (χ4n) is 1.71. The number of aromatic nitrogens is 1. The van der Waals surface area contributed by atoms with Gasteiger partial charge >= 0.3 is 0 Å². The Morgan fingerprint density at radius 2 is 2.50 bits per heavy atom. The van der Waals surface area contributed by atoms with Crippen molar-refractivity contribution in [2.75, 3.05) is 18.5 Å². The molecule has 0 aromatic carbocycles. The van der Waals surface area contributed by atoms with Crippen LogP contribution in [-0.4, -0.2) is 23.7 Å². The lowest BCUT2D eigenvalue weighted by atomic mass is 9.89. The first-order valence-corrected chi connectivity index (χ1v) is 4.47.